The second-order valence-electron chi connectivity index (χ2n) is 7.09. The summed E-state index contributed by atoms with van der Waals surface area (Å²) >= 11 is 7.76. The SMILES string of the molecule is Cc1ccc(N=C2SCCCN2C(=O)CCc2nc(-c3ccc(F)cc3)no2)cc1Cl. The summed E-state index contributed by atoms with van der Waals surface area (Å²) in [6.45, 7) is 2.55. The van der Waals surface area contributed by atoms with Gasteiger partial charge in [-0.2, -0.15) is 4.98 Å². The van der Waals surface area contributed by atoms with Crippen molar-refractivity contribution in [1.29, 1.82) is 0 Å². The Bertz CT molecular complexity index is 1120. The van der Waals surface area contributed by atoms with Gasteiger partial charge >= 0.3 is 0 Å². The molecule has 1 aliphatic heterocycles. The molecule has 2 heterocycles. The van der Waals surface area contributed by atoms with E-state index in [-0.39, 0.29) is 18.1 Å². The highest BCUT2D eigenvalue weighted by molar-refractivity contribution is 8.13. The molecule has 1 amide bonds. The highest BCUT2D eigenvalue weighted by Crippen LogP contribution is 2.27. The molecule has 6 nitrogen and oxygen atoms in total. The van der Waals surface area contributed by atoms with Gasteiger partial charge in [0, 0.05) is 35.7 Å². The molecule has 4 rings (SSSR count). The first-order chi connectivity index (χ1) is 15.0. The fourth-order valence-electron chi connectivity index (χ4n) is 3.07. The first-order valence-electron chi connectivity index (χ1n) is 9.86. The summed E-state index contributed by atoms with van der Waals surface area (Å²) in [5, 5.41) is 5.24. The number of thioether (sulfide) groups is 1. The Balaban J connectivity index is 1.42. The van der Waals surface area contributed by atoms with E-state index in [1.807, 2.05) is 19.1 Å². The van der Waals surface area contributed by atoms with Crippen LogP contribution in [0.25, 0.3) is 11.4 Å². The Morgan fingerprint density at radius 2 is 2.10 bits per heavy atom. The summed E-state index contributed by atoms with van der Waals surface area (Å²) in [4.78, 5) is 23.5. The molecular formula is C22H20ClFN4O2S. The smallest absolute Gasteiger partial charge is 0.229 e. The van der Waals surface area contributed by atoms with Crippen LogP contribution < -0.4 is 0 Å². The first-order valence-corrected chi connectivity index (χ1v) is 11.2. The van der Waals surface area contributed by atoms with E-state index in [1.54, 1.807) is 34.9 Å². The van der Waals surface area contributed by atoms with Crippen molar-refractivity contribution >= 4 is 40.1 Å². The third-order valence-electron chi connectivity index (χ3n) is 4.79. The number of aromatic nitrogens is 2. The van der Waals surface area contributed by atoms with Crippen molar-refractivity contribution in [1.82, 2.24) is 15.0 Å². The highest BCUT2D eigenvalue weighted by atomic mass is 35.5. The predicted octanol–water partition coefficient (Wildman–Crippen LogP) is 5.42. The highest BCUT2D eigenvalue weighted by Gasteiger charge is 2.24. The van der Waals surface area contributed by atoms with Crippen LogP contribution >= 0.6 is 23.4 Å². The molecular weight excluding hydrogens is 439 g/mol. The summed E-state index contributed by atoms with van der Waals surface area (Å²) in [6.07, 6.45) is 1.44. The van der Waals surface area contributed by atoms with E-state index in [4.69, 9.17) is 16.1 Å². The molecule has 0 radical (unpaired) electrons. The van der Waals surface area contributed by atoms with Gasteiger partial charge in [-0.25, -0.2) is 9.38 Å². The van der Waals surface area contributed by atoms with Gasteiger partial charge in [-0.05, 0) is 55.3 Å². The standard InChI is InChI=1S/C22H20ClFN4O2S/c1-14-3-8-17(13-18(14)23)25-22-28(11-2-12-31-22)20(29)10-9-19-26-21(27-30-19)15-4-6-16(24)7-5-15/h3-8,13H,2,9-12H2,1H3. The lowest BCUT2D eigenvalue weighted by molar-refractivity contribution is -0.127. The number of rotatable bonds is 5. The first kappa shape index (κ1) is 21.5. The average Bonchev–Trinajstić information content (AvgIpc) is 3.24. The van der Waals surface area contributed by atoms with Crippen LogP contribution in [-0.4, -0.2) is 38.4 Å². The molecule has 1 fully saturated rings. The maximum absolute atomic E-state index is 13.1. The van der Waals surface area contributed by atoms with Crippen LogP contribution in [0.4, 0.5) is 10.1 Å². The molecule has 9 heteroatoms. The molecule has 1 saturated heterocycles. The minimum Gasteiger partial charge on any atom is -0.339 e. The molecule has 0 bridgehead atoms. The van der Waals surface area contributed by atoms with Crippen molar-refractivity contribution in [3.05, 3.63) is 64.8 Å². The zero-order chi connectivity index (χ0) is 21.8. The van der Waals surface area contributed by atoms with Crippen LogP contribution in [0.2, 0.25) is 5.02 Å². The molecule has 0 atom stereocenters. The second-order valence-corrected chi connectivity index (χ2v) is 8.56. The number of aliphatic imine (C=N–C) groups is 1. The van der Waals surface area contributed by atoms with Crippen molar-refractivity contribution in [3.63, 3.8) is 0 Å². The Labute approximate surface area is 188 Å². The summed E-state index contributed by atoms with van der Waals surface area (Å²) in [7, 11) is 0. The molecule has 0 N–H and O–H groups in total. The molecule has 160 valence electrons. The van der Waals surface area contributed by atoms with Crippen LogP contribution in [-0.2, 0) is 11.2 Å². The number of hydrogen-bond acceptors (Lipinski definition) is 6. The van der Waals surface area contributed by atoms with Gasteiger partial charge in [-0.15, -0.1) is 0 Å². The van der Waals surface area contributed by atoms with Gasteiger partial charge in [0.05, 0.1) is 5.69 Å². The van der Waals surface area contributed by atoms with E-state index in [2.05, 4.69) is 15.1 Å². The van der Waals surface area contributed by atoms with Crippen molar-refractivity contribution in [2.45, 2.75) is 26.2 Å². The minimum absolute atomic E-state index is 0.0503. The Morgan fingerprint density at radius 1 is 1.29 bits per heavy atom. The third kappa shape index (κ3) is 5.32. The quantitative estimate of drug-likeness (QED) is 0.510. The van der Waals surface area contributed by atoms with Crippen LogP contribution in [0.15, 0.2) is 52.0 Å². The maximum Gasteiger partial charge on any atom is 0.229 e. The number of halogens is 2. The number of carbonyl (C=O) groups is 1. The fraction of sp³-hybridized carbons (Fsp3) is 0.273. The zero-order valence-electron chi connectivity index (χ0n) is 16.8. The summed E-state index contributed by atoms with van der Waals surface area (Å²) < 4.78 is 18.3. The van der Waals surface area contributed by atoms with Gasteiger partial charge in [-0.3, -0.25) is 9.69 Å². The molecule has 0 aliphatic carbocycles. The second kappa shape index (κ2) is 9.62. The molecule has 1 aromatic heterocycles. The number of nitrogens with zero attached hydrogens (tertiary/aromatic N) is 4. The number of hydrogen-bond donors (Lipinski definition) is 0. The van der Waals surface area contributed by atoms with E-state index in [1.165, 1.54) is 12.1 Å². The van der Waals surface area contributed by atoms with Gasteiger partial charge in [0.25, 0.3) is 0 Å². The van der Waals surface area contributed by atoms with Crippen molar-refractivity contribution in [3.8, 4) is 11.4 Å². The van der Waals surface area contributed by atoms with Crippen LogP contribution in [0.5, 0.6) is 0 Å². The maximum atomic E-state index is 13.1. The van der Waals surface area contributed by atoms with Crippen molar-refractivity contribution in [2.75, 3.05) is 12.3 Å². The monoisotopic (exact) mass is 458 g/mol. The normalized spacial score (nSPS) is 15.5. The lowest BCUT2D eigenvalue weighted by atomic mass is 10.2. The van der Waals surface area contributed by atoms with Gasteiger partial charge in [0.2, 0.25) is 17.6 Å². The van der Waals surface area contributed by atoms with Gasteiger partial charge < -0.3 is 4.52 Å². The minimum atomic E-state index is -0.331. The predicted molar refractivity (Wildman–Crippen MR) is 120 cm³/mol. The van der Waals surface area contributed by atoms with E-state index in [9.17, 15) is 9.18 Å². The molecule has 0 saturated carbocycles. The number of carbonyl (C=O) groups excluding carboxylic acids is 1. The van der Waals surface area contributed by atoms with E-state index < -0.39 is 0 Å². The lowest BCUT2D eigenvalue weighted by Gasteiger charge is -2.27. The Hall–Kier alpha value is -2.71. The van der Waals surface area contributed by atoms with Crippen molar-refractivity contribution < 1.29 is 13.7 Å². The average molecular weight is 459 g/mol. The molecule has 1 aliphatic rings. The van der Waals surface area contributed by atoms with Gasteiger partial charge in [0.15, 0.2) is 5.17 Å². The number of benzene rings is 2. The van der Waals surface area contributed by atoms with Crippen LogP contribution in [0, 0.1) is 12.7 Å². The third-order valence-corrected chi connectivity index (χ3v) is 6.26. The molecule has 0 spiro atoms. The van der Waals surface area contributed by atoms with E-state index >= 15 is 0 Å². The van der Waals surface area contributed by atoms with Crippen LogP contribution in [0.1, 0.15) is 24.3 Å². The molecule has 2 aromatic carbocycles. The molecule has 31 heavy (non-hydrogen) atoms. The molecule has 3 aromatic rings. The van der Waals surface area contributed by atoms with Crippen LogP contribution in [0.3, 0.4) is 0 Å². The Morgan fingerprint density at radius 3 is 2.87 bits per heavy atom. The topological polar surface area (TPSA) is 71.6 Å². The van der Waals surface area contributed by atoms with Gasteiger partial charge in [-0.1, -0.05) is 34.6 Å². The van der Waals surface area contributed by atoms with Crippen molar-refractivity contribution in [2.24, 2.45) is 4.99 Å². The number of aryl methyl sites for hydroxylation is 2. The number of amides is 1. The molecule has 0 unspecified atom stereocenters. The lowest BCUT2D eigenvalue weighted by Crippen LogP contribution is -2.39. The zero-order valence-corrected chi connectivity index (χ0v) is 18.4. The summed E-state index contributed by atoms with van der Waals surface area (Å²) in [5.74, 6) is 1.26. The van der Waals surface area contributed by atoms with E-state index in [0.29, 0.717) is 40.4 Å². The summed E-state index contributed by atoms with van der Waals surface area (Å²) in [6, 6.07) is 11.4. The Kier molecular flexibility index (Phi) is 6.67. The fourth-order valence-corrected chi connectivity index (χ4v) is 4.22. The summed E-state index contributed by atoms with van der Waals surface area (Å²) in [5.41, 5.74) is 2.36. The number of amidine groups is 1. The largest absolute Gasteiger partial charge is 0.339 e. The van der Waals surface area contributed by atoms with Gasteiger partial charge in [0.1, 0.15) is 5.82 Å². The van der Waals surface area contributed by atoms with E-state index in [0.717, 1.165) is 23.4 Å².